The second kappa shape index (κ2) is 14.8. The second-order valence-corrected chi connectivity index (χ2v) is 23.9. The number of rotatable bonds is 14. The summed E-state index contributed by atoms with van der Waals surface area (Å²) in [5.41, 5.74) is -1.98. The molecule has 6 atom stereocenters. The van der Waals surface area contributed by atoms with Crippen molar-refractivity contribution in [3.05, 3.63) is 0 Å². The summed E-state index contributed by atoms with van der Waals surface area (Å²) in [6.45, 7) is 12.6. The molecule has 0 aromatic carbocycles. The smallest absolute Gasteiger partial charge is 0.408 e. The van der Waals surface area contributed by atoms with E-state index in [0.29, 0.717) is 38.1 Å². The molecule has 6 saturated carbocycles. The molecule has 2 saturated heterocycles. The van der Waals surface area contributed by atoms with Crippen molar-refractivity contribution in [1.82, 2.24) is 19.8 Å². The molecule has 8 fully saturated rings. The molecule has 0 bridgehead atoms. The molecule has 2 spiro atoms. The number of likely N-dealkylation sites (tertiary alicyclic amines) is 2. The van der Waals surface area contributed by atoms with E-state index in [0.717, 1.165) is 90.1 Å². The van der Waals surface area contributed by atoms with E-state index >= 15 is 4.79 Å². The van der Waals surface area contributed by atoms with Crippen LogP contribution in [0.15, 0.2) is 0 Å². The van der Waals surface area contributed by atoms with Crippen molar-refractivity contribution in [3.63, 3.8) is 0 Å². The Morgan fingerprint density at radius 1 is 0.845 bits per heavy atom. The Hall–Kier alpha value is -2.54. The Kier molecular flexibility index (Phi) is 10.8. The van der Waals surface area contributed by atoms with Gasteiger partial charge in [-0.05, 0) is 118 Å². The van der Waals surface area contributed by atoms with E-state index in [1.54, 1.807) is 4.90 Å². The molecule has 2 aliphatic heterocycles. The number of carbonyl (C=O) groups excluding carboxylic acids is 5. The topological polar surface area (TPSA) is 159 Å². The first-order chi connectivity index (χ1) is 27.3. The number of ketones is 2. The maximum Gasteiger partial charge on any atom is 0.408 e. The van der Waals surface area contributed by atoms with E-state index in [4.69, 9.17) is 4.74 Å². The molecule has 12 nitrogen and oxygen atoms in total. The Labute approximate surface area is 346 Å². The highest BCUT2D eigenvalue weighted by Crippen LogP contribution is 2.88. The number of hydrogen-bond donors (Lipinski definition) is 2. The van der Waals surface area contributed by atoms with Crippen LogP contribution in [0.3, 0.4) is 0 Å². The average molecular weight is 827 g/mol. The van der Waals surface area contributed by atoms with Gasteiger partial charge in [-0.25, -0.2) is 13.2 Å². The van der Waals surface area contributed by atoms with Gasteiger partial charge in [0.1, 0.15) is 6.10 Å². The molecule has 2 heterocycles. The van der Waals surface area contributed by atoms with Crippen LogP contribution in [0.4, 0.5) is 4.79 Å². The maximum absolute atomic E-state index is 15.3. The van der Waals surface area contributed by atoms with Crippen LogP contribution in [0.1, 0.15) is 150 Å². The lowest BCUT2D eigenvalue weighted by molar-refractivity contribution is -0.146. The first-order valence-electron chi connectivity index (χ1n) is 22.8. The fraction of sp³-hybridized carbons (Fsp3) is 0.889. The number of alkyl carbamates (subject to hydrolysis) is 1. The van der Waals surface area contributed by atoms with Gasteiger partial charge in [0.2, 0.25) is 21.8 Å². The highest BCUT2D eigenvalue weighted by molar-refractivity contribution is 7.90. The summed E-state index contributed by atoms with van der Waals surface area (Å²) >= 11 is 0. The standard InChI is InChI=1S/C45H70N4O8S/c1-41(2,3)32(23-35(50)37(29-11-8-7-9-12-29)46-40(54)57-30-17-21-48(6)22-18-30)38(52)49-27-45(42(4,5)44(45)19-10-20-44)25-34(49)36(51)26-43(24-33(43)28-13-14-28)39(53)47-58(55,56)31-15-16-31/h28-34,37H,7-27H2,1-6H3,(H,46,54)(H,47,53)/t32-,33+,34+,37+,43-,45-/m1/s1. The molecule has 3 amide bonds. The van der Waals surface area contributed by atoms with Crippen LogP contribution in [0, 0.1) is 50.7 Å². The predicted octanol–water partition coefficient (Wildman–Crippen LogP) is 6.16. The third-order valence-corrected chi connectivity index (χ3v) is 19.2. The van der Waals surface area contributed by atoms with Gasteiger partial charge in [0.15, 0.2) is 11.6 Å². The SMILES string of the molecule is CN1CCC(OC(=O)N[C@H](C(=O)C[C@H](C(=O)N2C[C@]3(C[C@H]2C(=O)C[C@]2(C(=O)NS(=O)(=O)C4CC4)C[C@H]2C2CC2)C(C)(C)C32CCC2)C(C)(C)C)C2CCCCC2)CC1. The van der Waals surface area contributed by atoms with Crippen molar-refractivity contribution in [2.45, 2.75) is 174 Å². The minimum atomic E-state index is -3.79. The zero-order valence-electron chi connectivity index (χ0n) is 36.0. The zero-order chi connectivity index (χ0) is 41.6. The third kappa shape index (κ3) is 7.35. The summed E-state index contributed by atoms with van der Waals surface area (Å²) in [6, 6.07) is -1.52. The van der Waals surface area contributed by atoms with E-state index in [1.807, 2.05) is 20.8 Å². The number of nitrogens with one attached hydrogen (secondary N) is 2. The number of amides is 3. The molecule has 0 unspecified atom stereocenters. The summed E-state index contributed by atoms with van der Waals surface area (Å²) in [5, 5.41) is 2.46. The van der Waals surface area contributed by atoms with Gasteiger partial charge < -0.3 is 19.9 Å². The van der Waals surface area contributed by atoms with Crippen LogP contribution in [0.5, 0.6) is 0 Å². The predicted molar refractivity (Wildman–Crippen MR) is 219 cm³/mol. The minimum absolute atomic E-state index is 0.0315. The lowest BCUT2D eigenvalue weighted by Gasteiger charge is -2.37. The number of hydrogen-bond acceptors (Lipinski definition) is 9. The van der Waals surface area contributed by atoms with Crippen molar-refractivity contribution in [2.24, 2.45) is 50.7 Å². The molecular weight excluding hydrogens is 757 g/mol. The van der Waals surface area contributed by atoms with Crippen molar-refractivity contribution in [1.29, 1.82) is 0 Å². The summed E-state index contributed by atoms with van der Waals surface area (Å²) < 4.78 is 34.2. The quantitative estimate of drug-likeness (QED) is 0.209. The Balaban J connectivity index is 1.04. The molecule has 2 N–H and O–H groups in total. The number of sulfonamides is 1. The number of carbonyl (C=O) groups is 5. The number of fused-ring (bicyclic) bond motifs is 1. The van der Waals surface area contributed by atoms with Gasteiger partial charge in [0.25, 0.3) is 0 Å². The van der Waals surface area contributed by atoms with Crippen LogP contribution in [-0.4, -0.2) is 97.8 Å². The molecule has 13 heteroatoms. The van der Waals surface area contributed by atoms with Crippen LogP contribution >= 0.6 is 0 Å². The Bertz CT molecular complexity index is 1780. The van der Waals surface area contributed by atoms with Gasteiger partial charge in [-0.2, -0.15) is 0 Å². The van der Waals surface area contributed by atoms with E-state index < -0.39 is 56.1 Å². The molecule has 8 rings (SSSR count). The molecule has 6 aliphatic carbocycles. The van der Waals surface area contributed by atoms with E-state index in [1.165, 1.54) is 0 Å². The summed E-state index contributed by atoms with van der Waals surface area (Å²) in [6.07, 6.45) is 12.5. The molecule has 0 aromatic rings. The molecule has 0 aromatic heterocycles. The average Bonchev–Trinajstić information content (AvgIpc) is 3.98. The molecule has 0 radical (unpaired) electrons. The van der Waals surface area contributed by atoms with Gasteiger partial charge in [-0.1, -0.05) is 60.3 Å². The monoisotopic (exact) mass is 826 g/mol. The molecular formula is C45H70N4O8S. The van der Waals surface area contributed by atoms with Crippen LogP contribution in [0.2, 0.25) is 0 Å². The Morgan fingerprint density at radius 2 is 1.50 bits per heavy atom. The van der Waals surface area contributed by atoms with Gasteiger partial charge in [-0.15, -0.1) is 0 Å². The van der Waals surface area contributed by atoms with Gasteiger partial charge in [-0.3, -0.25) is 23.9 Å². The van der Waals surface area contributed by atoms with Crippen LogP contribution < -0.4 is 10.0 Å². The highest BCUT2D eigenvalue weighted by atomic mass is 32.2. The van der Waals surface area contributed by atoms with E-state index in [2.05, 4.69) is 35.8 Å². The largest absolute Gasteiger partial charge is 0.446 e. The number of Topliss-reactive ketones (excluding diaryl/α,β-unsaturated/α-hetero) is 2. The fourth-order valence-electron chi connectivity index (χ4n) is 12.9. The molecule has 58 heavy (non-hydrogen) atoms. The van der Waals surface area contributed by atoms with Crippen molar-refractivity contribution >= 4 is 39.5 Å². The zero-order valence-corrected chi connectivity index (χ0v) is 36.9. The fourth-order valence-corrected chi connectivity index (χ4v) is 14.3. The van der Waals surface area contributed by atoms with Crippen molar-refractivity contribution in [2.75, 3.05) is 26.7 Å². The number of nitrogens with zero attached hydrogens (tertiary/aromatic N) is 2. The first kappa shape index (κ1) is 42.2. The third-order valence-electron chi connectivity index (χ3n) is 17.4. The van der Waals surface area contributed by atoms with Gasteiger partial charge >= 0.3 is 6.09 Å². The summed E-state index contributed by atoms with van der Waals surface area (Å²) in [5.74, 6) is -1.60. The van der Waals surface area contributed by atoms with Gasteiger partial charge in [0.05, 0.1) is 22.7 Å². The lowest BCUT2D eigenvalue weighted by atomic mass is 9.73. The van der Waals surface area contributed by atoms with Crippen LogP contribution in [-0.2, 0) is 33.9 Å². The molecule has 324 valence electrons. The number of ether oxygens (including phenoxy) is 1. The number of piperidine rings is 1. The van der Waals surface area contributed by atoms with Crippen LogP contribution in [0.25, 0.3) is 0 Å². The van der Waals surface area contributed by atoms with Crippen molar-refractivity contribution in [3.8, 4) is 0 Å². The first-order valence-corrected chi connectivity index (χ1v) is 24.4. The summed E-state index contributed by atoms with van der Waals surface area (Å²) in [4.78, 5) is 76.2. The van der Waals surface area contributed by atoms with Crippen molar-refractivity contribution < 1.29 is 37.1 Å². The lowest BCUT2D eigenvalue weighted by Crippen LogP contribution is -2.51. The molecule has 8 aliphatic rings. The second-order valence-electron chi connectivity index (χ2n) is 22.0. The maximum atomic E-state index is 15.3. The Morgan fingerprint density at radius 3 is 2.05 bits per heavy atom. The highest BCUT2D eigenvalue weighted by Gasteiger charge is 2.85. The van der Waals surface area contributed by atoms with E-state index in [-0.39, 0.29) is 64.5 Å². The normalized spacial score (nSPS) is 33.2. The summed E-state index contributed by atoms with van der Waals surface area (Å²) in [7, 11) is -1.74. The van der Waals surface area contributed by atoms with Gasteiger partial charge in [0, 0.05) is 43.8 Å². The minimum Gasteiger partial charge on any atom is -0.446 e. The van der Waals surface area contributed by atoms with E-state index in [9.17, 15) is 27.6 Å².